The third-order valence-corrected chi connectivity index (χ3v) is 8.72. The summed E-state index contributed by atoms with van der Waals surface area (Å²) in [5.41, 5.74) is 2.80. The van der Waals surface area contributed by atoms with Gasteiger partial charge in [-0.3, -0.25) is 14.4 Å². The number of nitrogens with zero attached hydrogens (tertiary/aromatic N) is 2. The normalized spacial score (nSPS) is 19.0. The lowest BCUT2D eigenvalue weighted by Crippen LogP contribution is -2.36. The Labute approximate surface area is 262 Å². The van der Waals surface area contributed by atoms with Crippen molar-refractivity contribution in [2.24, 2.45) is 16.9 Å². The molecule has 2 fully saturated rings. The first kappa shape index (κ1) is 33.4. The van der Waals surface area contributed by atoms with E-state index in [9.17, 15) is 23.2 Å². The molecule has 1 unspecified atom stereocenters. The Kier molecular flexibility index (Phi) is 12.1. The van der Waals surface area contributed by atoms with Crippen LogP contribution in [-0.4, -0.2) is 47.5 Å². The Morgan fingerprint density at radius 3 is 2.25 bits per heavy atom. The molecule has 238 valence electrons. The zero-order valence-corrected chi connectivity index (χ0v) is 26.0. The first-order valence-electron chi connectivity index (χ1n) is 15.3. The molecule has 2 aliphatic carbocycles. The lowest BCUT2D eigenvalue weighted by molar-refractivity contribution is -0.133. The number of hydrogen-bond acceptors (Lipinski definition) is 6. The van der Waals surface area contributed by atoms with Crippen LogP contribution in [0.2, 0.25) is 0 Å². The van der Waals surface area contributed by atoms with Crippen molar-refractivity contribution in [2.75, 3.05) is 7.11 Å². The minimum Gasteiger partial charge on any atom is -0.493 e. The van der Waals surface area contributed by atoms with Crippen molar-refractivity contribution in [3.63, 3.8) is 0 Å². The van der Waals surface area contributed by atoms with Gasteiger partial charge < -0.3 is 14.8 Å². The van der Waals surface area contributed by atoms with Crippen LogP contribution >= 0.6 is 11.6 Å². The minimum absolute atomic E-state index is 0.0642. The van der Waals surface area contributed by atoms with Crippen LogP contribution in [0, 0.1) is 11.8 Å². The molecular formula is C33H40ClF2N3O5. The summed E-state index contributed by atoms with van der Waals surface area (Å²) in [5.74, 6) is 0.00435. The lowest BCUT2D eigenvalue weighted by atomic mass is 9.89. The molecule has 2 saturated carbocycles. The van der Waals surface area contributed by atoms with Gasteiger partial charge in [0.05, 0.1) is 19.4 Å². The fraction of sp³-hybridized carbons (Fsp3) is 0.515. The van der Waals surface area contributed by atoms with E-state index in [-0.39, 0.29) is 59.4 Å². The first-order valence-corrected chi connectivity index (χ1v) is 15.7. The number of ether oxygens (including phenoxy) is 2. The molecule has 1 atom stereocenters. The molecule has 0 bridgehead atoms. The fourth-order valence-electron chi connectivity index (χ4n) is 5.88. The van der Waals surface area contributed by atoms with E-state index in [4.69, 9.17) is 16.3 Å². The molecule has 2 aromatic carbocycles. The first-order chi connectivity index (χ1) is 21.2. The lowest BCUT2D eigenvalue weighted by Gasteiger charge is -2.29. The van der Waals surface area contributed by atoms with Crippen LogP contribution < -0.4 is 14.8 Å². The Hall–Kier alpha value is -3.53. The summed E-state index contributed by atoms with van der Waals surface area (Å²) < 4.78 is 35.2. The number of amides is 2. The number of hydrogen-bond donors (Lipinski definition) is 1. The Balaban J connectivity index is 0.000000479. The van der Waals surface area contributed by atoms with Crippen LogP contribution in [0.5, 0.6) is 11.5 Å². The van der Waals surface area contributed by atoms with Crippen LogP contribution in [0.4, 0.5) is 8.78 Å². The smallest absolute Gasteiger partial charge is 0.387 e. The van der Waals surface area contributed by atoms with E-state index >= 15 is 0 Å². The van der Waals surface area contributed by atoms with Gasteiger partial charge in [-0.1, -0.05) is 44.7 Å². The van der Waals surface area contributed by atoms with E-state index in [2.05, 4.69) is 15.2 Å². The molecule has 0 saturated heterocycles. The van der Waals surface area contributed by atoms with E-state index in [0.717, 1.165) is 44.1 Å². The molecule has 1 N–H and O–H groups in total. The third-order valence-electron chi connectivity index (χ3n) is 8.41. The van der Waals surface area contributed by atoms with E-state index in [1.807, 2.05) is 19.1 Å². The van der Waals surface area contributed by atoms with Crippen LogP contribution in [-0.2, 0) is 16.1 Å². The summed E-state index contributed by atoms with van der Waals surface area (Å²) in [5, 5.41) is 9.01. The second kappa shape index (κ2) is 16.0. The molecule has 8 nitrogen and oxygen atoms in total. The van der Waals surface area contributed by atoms with Crippen molar-refractivity contribution in [2.45, 2.75) is 90.3 Å². The second-order valence-corrected chi connectivity index (χ2v) is 11.8. The maximum atomic E-state index is 12.8. The van der Waals surface area contributed by atoms with Gasteiger partial charge in [0.25, 0.3) is 5.91 Å². The maximum absolute atomic E-state index is 12.8. The minimum atomic E-state index is -2.96. The molecule has 11 heteroatoms. The zero-order chi connectivity index (χ0) is 31.6. The predicted molar refractivity (Wildman–Crippen MR) is 164 cm³/mol. The molecule has 3 aliphatic rings. The van der Waals surface area contributed by atoms with Crippen molar-refractivity contribution in [3.05, 3.63) is 59.2 Å². The van der Waals surface area contributed by atoms with Gasteiger partial charge in [-0.25, -0.2) is 5.01 Å². The fourth-order valence-corrected chi connectivity index (χ4v) is 6.10. The molecule has 2 aromatic rings. The van der Waals surface area contributed by atoms with E-state index < -0.39 is 6.61 Å². The van der Waals surface area contributed by atoms with Gasteiger partial charge in [-0.15, -0.1) is 0 Å². The molecule has 5 rings (SSSR count). The summed E-state index contributed by atoms with van der Waals surface area (Å²) in [6, 6.07) is 12.1. The highest BCUT2D eigenvalue weighted by molar-refractivity contribution is 6.64. The van der Waals surface area contributed by atoms with Gasteiger partial charge in [0.1, 0.15) is 0 Å². The van der Waals surface area contributed by atoms with E-state index in [0.29, 0.717) is 23.3 Å². The van der Waals surface area contributed by atoms with Gasteiger partial charge in [0.15, 0.2) is 11.5 Å². The number of carbonyl (C=O) groups is 3. The summed E-state index contributed by atoms with van der Waals surface area (Å²) in [6.07, 6.45) is 9.72. The number of benzene rings is 2. The number of nitrogens with one attached hydrogen (secondary N) is 1. The average Bonchev–Trinajstić information content (AvgIpc) is 3.74. The maximum Gasteiger partial charge on any atom is 0.387 e. The van der Waals surface area contributed by atoms with Crippen molar-refractivity contribution in [1.82, 2.24) is 10.3 Å². The molecule has 0 radical (unpaired) electrons. The standard InChI is InChI=1S/C27H31F2N3O4.C6H9ClO/c1-3-18-15-24(33)32(31-25(18)20-12-13-22(36-27(28)29)23(14-20)35-2)16-17-8-10-19(11-9-17)26(34)30-21-6-4-5-7-21;7-6(8)5-3-1-2-4-5/h8-14,18,21,27H,3-7,15-16H2,1-2H3,(H,30,34);5H,1-4H2. The van der Waals surface area contributed by atoms with Crippen molar-refractivity contribution >= 4 is 34.4 Å². The number of alkyl halides is 2. The summed E-state index contributed by atoms with van der Waals surface area (Å²) in [7, 11) is 1.38. The molecule has 2 amide bonds. The van der Waals surface area contributed by atoms with Gasteiger partial charge >= 0.3 is 6.61 Å². The van der Waals surface area contributed by atoms with Crippen LogP contribution in [0.25, 0.3) is 0 Å². The number of rotatable bonds is 10. The monoisotopic (exact) mass is 631 g/mol. The van der Waals surface area contributed by atoms with E-state index in [1.165, 1.54) is 31.0 Å². The van der Waals surface area contributed by atoms with Crippen molar-refractivity contribution in [1.29, 1.82) is 0 Å². The highest BCUT2D eigenvalue weighted by Crippen LogP contribution is 2.33. The molecule has 44 heavy (non-hydrogen) atoms. The van der Waals surface area contributed by atoms with Gasteiger partial charge in [-0.2, -0.15) is 13.9 Å². The molecule has 1 aliphatic heterocycles. The van der Waals surface area contributed by atoms with Gasteiger partial charge in [0, 0.05) is 35.4 Å². The average molecular weight is 632 g/mol. The topological polar surface area (TPSA) is 97.3 Å². The molecule has 1 heterocycles. The van der Waals surface area contributed by atoms with Crippen molar-refractivity contribution in [3.8, 4) is 11.5 Å². The zero-order valence-electron chi connectivity index (χ0n) is 25.2. The van der Waals surface area contributed by atoms with Crippen LogP contribution in [0.1, 0.15) is 92.6 Å². The Bertz CT molecular complexity index is 1330. The van der Waals surface area contributed by atoms with Gasteiger partial charge in [0.2, 0.25) is 11.1 Å². The number of hydrazone groups is 1. The summed E-state index contributed by atoms with van der Waals surface area (Å²) in [4.78, 5) is 35.8. The van der Waals surface area contributed by atoms with Gasteiger partial charge in [-0.05, 0) is 79.6 Å². The highest BCUT2D eigenvalue weighted by Gasteiger charge is 2.30. The van der Waals surface area contributed by atoms with Crippen LogP contribution in [0.15, 0.2) is 47.6 Å². The Morgan fingerprint density at radius 2 is 1.68 bits per heavy atom. The predicted octanol–water partition coefficient (Wildman–Crippen LogP) is 7.07. The SMILES string of the molecule is CCC1CC(=O)N(Cc2ccc(C(=O)NC3CCCC3)cc2)N=C1c1ccc(OC(F)F)c(OC)c1.O=C(Cl)C1CCCC1. The van der Waals surface area contributed by atoms with Crippen LogP contribution in [0.3, 0.4) is 0 Å². The molecule has 0 aromatic heterocycles. The Morgan fingerprint density at radius 1 is 1.02 bits per heavy atom. The number of methoxy groups -OCH3 is 1. The summed E-state index contributed by atoms with van der Waals surface area (Å²) in [6.45, 7) is -0.731. The summed E-state index contributed by atoms with van der Waals surface area (Å²) >= 11 is 5.25. The molecular weight excluding hydrogens is 592 g/mol. The highest BCUT2D eigenvalue weighted by atomic mass is 35.5. The van der Waals surface area contributed by atoms with Crippen molar-refractivity contribution < 1.29 is 32.6 Å². The largest absolute Gasteiger partial charge is 0.493 e. The third kappa shape index (κ3) is 9.00. The molecule has 0 spiro atoms. The second-order valence-electron chi connectivity index (χ2n) is 11.4. The quantitative estimate of drug-likeness (QED) is 0.283. The number of carbonyl (C=O) groups excluding carboxylic acids is 3. The number of halogens is 3. The van der Waals surface area contributed by atoms with E-state index in [1.54, 1.807) is 24.3 Å².